The van der Waals surface area contributed by atoms with Gasteiger partial charge in [-0.25, -0.2) is 22.4 Å². The van der Waals surface area contributed by atoms with Gasteiger partial charge in [-0.3, -0.25) is 4.99 Å². The zero-order chi connectivity index (χ0) is 19.9. The fourth-order valence-corrected chi connectivity index (χ4v) is 3.07. The van der Waals surface area contributed by atoms with Gasteiger partial charge in [-0.2, -0.15) is 0 Å². The van der Waals surface area contributed by atoms with Crippen molar-refractivity contribution in [3.63, 3.8) is 0 Å². The number of hydrogen-bond acceptors (Lipinski definition) is 3. The summed E-state index contributed by atoms with van der Waals surface area (Å²) in [5.41, 5.74) is -0.684. The van der Waals surface area contributed by atoms with Crippen LogP contribution in [0.5, 0.6) is 0 Å². The van der Waals surface area contributed by atoms with E-state index in [0.29, 0.717) is 12.1 Å². The summed E-state index contributed by atoms with van der Waals surface area (Å²) in [7, 11) is 0. The number of allylic oxidation sites excluding steroid dienone is 1. The molecule has 0 amide bonds. The van der Waals surface area contributed by atoms with Crippen LogP contribution in [-0.4, -0.2) is 16.9 Å². The van der Waals surface area contributed by atoms with Gasteiger partial charge in [0.1, 0.15) is 35.1 Å². The number of carbonyl (C=O) groups is 1. The Morgan fingerprint density at radius 2 is 1.74 bits per heavy atom. The topological polar surface area (TPSA) is 61.7 Å². The number of nitrogens with one attached hydrogen (secondary N) is 1. The first-order valence-electron chi connectivity index (χ1n) is 7.57. The van der Waals surface area contributed by atoms with E-state index in [1.807, 2.05) is 0 Å². The molecule has 2 N–H and O–H groups in total. The summed E-state index contributed by atoms with van der Waals surface area (Å²) in [6.45, 7) is 1.38. The van der Waals surface area contributed by atoms with Crippen LogP contribution in [0.3, 0.4) is 0 Å². The number of aliphatic carboxylic acids is 1. The molecular weight excluding hydrogens is 388 g/mol. The highest BCUT2D eigenvalue weighted by molar-refractivity contribution is 6.31. The summed E-state index contributed by atoms with van der Waals surface area (Å²) >= 11 is 6.01. The minimum Gasteiger partial charge on any atom is -0.478 e. The molecule has 0 aliphatic carbocycles. The first-order valence-corrected chi connectivity index (χ1v) is 7.95. The molecule has 3 rings (SSSR count). The Bertz CT molecular complexity index is 997. The molecule has 2 aromatic carbocycles. The first kappa shape index (κ1) is 18.9. The average molecular weight is 399 g/mol. The summed E-state index contributed by atoms with van der Waals surface area (Å²) in [5, 5.41) is 11.9. The molecule has 1 atom stereocenters. The van der Waals surface area contributed by atoms with Crippen molar-refractivity contribution in [3.8, 4) is 0 Å². The van der Waals surface area contributed by atoms with Crippen molar-refractivity contribution in [2.24, 2.45) is 4.99 Å². The minimum absolute atomic E-state index is 0.0565. The van der Waals surface area contributed by atoms with E-state index in [0.717, 1.165) is 12.1 Å². The summed E-state index contributed by atoms with van der Waals surface area (Å²) in [5.74, 6) is -5.86. The molecule has 0 radical (unpaired) electrons. The molecule has 0 unspecified atom stereocenters. The fourth-order valence-electron chi connectivity index (χ4n) is 2.80. The van der Waals surface area contributed by atoms with Crippen molar-refractivity contribution < 1.29 is 27.5 Å². The third-order valence-electron chi connectivity index (χ3n) is 3.97. The predicted octanol–water partition coefficient (Wildman–Crippen LogP) is 4.35. The second-order valence-corrected chi connectivity index (χ2v) is 6.17. The summed E-state index contributed by atoms with van der Waals surface area (Å²) in [6, 6.07) is 2.98. The number of aliphatic imine (C=N–C) groups is 1. The molecule has 4 nitrogen and oxygen atoms in total. The predicted molar refractivity (Wildman–Crippen MR) is 90.5 cm³/mol. The summed E-state index contributed by atoms with van der Waals surface area (Å²) < 4.78 is 54.8. The van der Waals surface area contributed by atoms with Crippen LogP contribution >= 0.6 is 11.6 Å². The van der Waals surface area contributed by atoms with Gasteiger partial charge in [0.05, 0.1) is 11.1 Å². The molecule has 0 aromatic heterocycles. The Kier molecular flexibility index (Phi) is 4.93. The van der Waals surface area contributed by atoms with Crippen molar-refractivity contribution in [1.82, 2.24) is 5.32 Å². The van der Waals surface area contributed by atoms with E-state index in [-0.39, 0.29) is 27.7 Å². The molecule has 0 saturated carbocycles. The van der Waals surface area contributed by atoms with Crippen molar-refractivity contribution in [2.75, 3.05) is 0 Å². The number of benzene rings is 2. The van der Waals surface area contributed by atoms with Gasteiger partial charge in [-0.1, -0.05) is 17.7 Å². The minimum atomic E-state index is -1.34. The molecule has 1 aliphatic rings. The van der Waals surface area contributed by atoms with Gasteiger partial charge in [0, 0.05) is 28.4 Å². The van der Waals surface area contributed by atoms with Crippen LogP contribution in [0.4, 0.5) is 17.6 Å². The second-order valence-electron chi connectivity index (χ2n) is 5.76. The van der Waals surface area contributed by atoms with Gasteiger partial charge < -0.3 is 10.4 Å². The van der Waals surface area contributed by atoms with Gasteiger partial charge >= 0.3 is 5.97 Å². The van der Waals surface area contributed by atoms with E-state index in [1.54, 1.807) is 0 Å². The molecule has 1 aliphatic heterocycles. The van der Waals surface area contributed by atoms with Gasteiger partial charge in [-0.15, -0.1) is 0 Å². The standard InChI is InChI=1S/C18H11ClF4N2O2/c1-7-14(18(26)27)16(10-3-2-8(20)4-11(10)19)25-17(24-7)15-12(22)5-9(21)6-13(15)23/h2-6,16H,1H3,(H,24,25)(H,26,27)/t16-/m0/s1. The molecule has 0 saturated heterocycles. The lowest BCUT2D eigenvalue weighted by Crippen LogP contribution is -2.33. The maximum atomic E-state index is 14.1. The molecule has 140 valence electrons. The third kappa shape index (κ3) is 3.52. The van der Waals surface area contributed by atoms with Gasteiger partial charge in [0.25, 0.3) is 0 Å². The van der Waals surface area contributed by atoms with Crippen molar-refractivity contribution in [1.29, 1.82) is 0 Å². The van der Waals surface area contributed by atoms with E-state index in [1.165, 1.54) is 13.0 Å². The quantitative estimate of drug-likeness (QED) is 0.756. The molecule has 27 heavy (non-hydrogen) atoms. The highest BCUT2D eigenvalue weighted by Gasteiger charge is 2.32. The smallest absolute Gasteiger partial charge is 0.335 e. The number of carboxylic acid groups (broad SMARTS) is 1. The Labute approximate surface area is 155 Å². The molecular formula is C18H11ClF4N2O2. The van der Waals surface area contributed by atoms with Gasteiger partial charge in [0.15, 0.2) is 0 Å². The van der Waals surface area contributed by atoms with Crippen molar-refractivity contribution in [2.45, 2.75) is 13.0 Å². The normalized spacial score (nSPS) is 16.8. The lowest BCUT2D eigenvalue weighted by Gasteiger charge is -2.26. The molecule has 2 aromatic rings. The summed E-state index contributed by atoms with van der Waals surface area (Å²) in [6.07, 6.45) is 0. The van der Waals surface area contributed by atoms with E-state index in [2.05, 4.69) is 10.3 Å². The molecule has 0 bridgehead atoms. The van der Waals surface area contributed by atoms with Crippen LogP contribution in [0.2, 0.25) is 5.02 Å². The van der Waals surface area contributed by atoms with Crippen molar-refractivity contribution in [3.05, 3.63) is 81.0 Å². The maximum Gasteiger partial charge on any atom is 0.335 e. The van der Waals surface area contributed by atoms with Crippen LogP contribution in [0.15, 0.2) is 46.6 Å². The van der Waals surface area contributed by atoms with Crippen LogP contribution in [0, 0.1) is 23.3 Å². The largest absolute Gasteiger partial charge is 0.478 e. The molecule has 1 heterocycles. The highest BCUT2D eigenvalue weighted by Crippen LogP contribution is 2.36. The Morgan fingerprint density at radius 3 is 2.30 bits per heavy atom. The number of halogens is 5. The van der Waals surface area contributed by atoms with Crippen molar-refractivity contribution >= 4 is 23.4 Å². The fraction of sp³-hybridized carbons (Fsp3) is 0.111. The Balaban J connectivity index is 2.21. The summed E-state index contributed by atoms with van der Waals surface area (Å²) in [4.78, 5) is 15.7. The lowest BCUT2D eigenvalue weighted by atomic mass is 9.95. The number of carboxylic acids is 1. The zero-order valence-electron chi connectivity index (χ0n) is 13.7. The van der Waals surface area contributed by atoms with Gasteiger partial charge in [-0.05, 0) is 19.1 Å². The molecule has 0 spiro atoms. The Hall–Kier alpha value is -2.87. The molecule has 0 fully saturated rings. The number of rotatable bonds is 3. The lowest BCUT2D eigenvalue weighted by molar-refractivity contribution is -0.133. The van der Waals surface area contributed by atoms with E-state index >= 15 is 0 Å². The first-order chi connectivity index (χ1) is 12.7. The average Bonchev–Trinajstić information content (AvgIpc) is 2.52. The van der Waals surface area contributed by atoms with Gasteiger partial charge in [0.2, 0.25) is 0 Å². The third-order valence-corrected chi connectivity index (χ3v) is 4.30. The van der Waals surface area contributed by atoms with E-state index < -0.39 is 40.8 Å². The zero-order valence-corrected chi connectivity index (χ0v) is 14.4. The number of hydrogen-bond donors (Lipinski definition) is 2. The SMILES string of the molecule is CC1=C(C(=O)O)[C@H](c2ccc(F)cc2Cl)N=C(c2c(F)cc(F)cc2F)N1. The highest BCUT2D eigenvalue weighted by atomic mass is 35.5. The molecule has 9 heteroatoms. The number of amidine groups is 1. The Morgan fingerprint density at radius 1 is 1.11 bits per heavy atom. The van der Waals surface area contributed by atoms with E-state index in [9.17, 15) is 27.5 Å². The van der Waals surface area contributed by atoms with E-state index in [4.69, 9.17) is 11.6 Å². The number of nitrogens with zero attached hydrogens (tertiary/aromatic N) is 1. The maximum absolute atomic E-state index is 14.1. The van der Waals surface area contributed by atoms with Crippen LogP contribution < -0.4 is 5.32 Å². The van der Waals surface area contributed by atoms with Crippen LogP contribution in [0.1, 0.15) is 24.1 Å². The van der Waals surface area contributed by atoms with Crippen LogP contribution in [0.25, 0.3) is 0 Å². The second kappa shape index (κ2) is 7.03. The monoisotopic (exact) mass is 398 g/mol. The van der Waals surface area contributed by atoms with Crippen LogP contribution in [-0.2, 0) is 4.79 Å².